The highest BCUT2D eigenvalue weighted by Crippen LogP contribution is 2.43. The zero-order chi connectivity index (χ0) is 38.8. The lowest BCUT2D eigenvalue weighted by Crippen LogP contribution is -2.46. The second-order valence-corrected chi connectivity index (χ2v) is 12.9. The Morgan fingerprint density at radius 1 is 0.833 bits per heavy atom. The molecular weight excluding hydrogens is 733 g/mol. The zero-order valence-corrected chi connectivity index (χ0v) is 28.7. The third-order valence-corrected chi connectivity index (χ3v) is 9.26. The van der Waals surface area contributed by atoms with Gasteiger partial charge in [0.1, 0.15) is 6.61 Å². The summed E-state index contributed by atoms with van der Waals surface area (Å²) in [6, 6.07) is 11.6. The molecule has 1 fully saturated rings. The number of fused-ring (bicyclic) bond motifs is 1. The molecule has 288 valence electrons. The molecule has 0 radical (unpaired) electrons. The lowest BCUT2D eigenvalue weighted by molar-refractivity contribution is -0.143. The molecule has 2 atom stereocenters. The summed E-state index contributed by atoms with van der Waals surface area (Å²) in [6.45, 7) is 2.99. The summed E-state index contributed by atoms with van der Waals surface area (Å²) in [6.07, 6.45) is -14.3. The van der Waals surface area contributed by atoms with Gasteiger partial charge in [-0.1, -0.05) is 37.3 Å². The van der Waals surface area contributed by atoms with Crippen LogP contribution < -0.4 is 15.1 Å². The van der Waals surface area contributed by atoms with Crippen molar-refractivity contribution in [3.63, 3.8) is 0 Å². The first-order valence-corrected chi connectivity index (χ1v) is 17.0. The van der Waals surface area contributed by atoms with Crippen LogP contribution in [0.5, 0.6) is 0 Å². The van der Waals surface area contributed by atoms with Crippen LogP contribution in [0.2, 0.25) is 0 Å². The van der Waals surface area contributed by atoms with E-state index in [1.165, 1.54) is 17.2 Å². The van der Waals surface area contributed by atoms with E-state index in [0.717, 1.165) is 12.1 Å². The summed E-state index contributed by atoms with van der Waals surface area (Å²) < 4.78 is 135. The maximum Gasteiger partial charge on any atom is 0.416 e. The maximum absolute atomic E-state index is 14.0. The predicted octanol–water partition coefficient (Wildman–Crippen LogP) is 9.44. The number of ether oxygens (including phenoxy) is 2. The van der Waals surface area contributed by atoms with Crippen LogP contribution >= 0.6 is 0 Å². The number of carbonyl (C=O) groups excluding carboxylic acids is 1. The van der Waals surface area contributed by atoms with Crippen LogP contribution in [0.1, 0.15) is 64.9 Å². The molecule has 0 bridgehead atoms. The molecule has 0 saturated carbocycles. The van der Waals surface area contributed by atoms with Crippen molar-refractivity contribution in [2.45, 2.75) is 63.4 Å². The van der Waals surface area contributed by atoms with E-state index < -0.39 is 59.8 Å². The van der Waals surface area contributed by atoms with Crippen LogP contribution in [0.3, 0.4) is 0 Å². The number of alkyl halides is 9. The van der Waals surface area contributed by atoms with Crippen LogP contribution in [0.4, 0.5) is 61.6 Å². The SMILES string of the molecule is CCC1CC(Nc2ncc(N3CCOCC3)c(Cc3cc(C(F)(F)F)cc(C(F)(F)F)c3)n2)c2cc(C(F)(F)F)ccc2N1C(=O)OCc1ccccc1. The van der Waals surface area contributed by atoms with E-state index in [9.17, 15) is 44.3 Å². The van der Waals surface area contributed by atoms with Crippen LogP contribution in [0, 0.1) is 0 Å². The van der Waals surface area contributed by atoms with Gasteiger partial charge in [0.2, 0.25) is 5.95 Å². The number of rotatable bonds is 8. The number of hydrogen-bond donors (Lipinski definition) is 1. The second-order valence-electron chi connectivity index (χ2n) is 12.9. The summed E-state index contributed by atoms with van der Waals surface area (Å²) in [5.41, 5.74) is -2.88. The molecule has 3 heterocycles. The Hall–Kier alpha value is -5.06. The fraction of sp³-hybridized carbons (Fsp3) is 0.378. The van der Waals surface area contributed by atoms with E-state index in [0.29, 0.717) is 56.1 Å². The molecule has 6 rings (SSSR count). The number of aromatic nitrogens is 2. The van der Waals surface area contributed by atoms with Crippen LogP contribution in [-0.4, -0.2) is 48.4 Å². The Kier molecular flexibility index (Phi) is 11.0. The number of benzene rings is 3. The summed E-state index contributed by atoms with van der Waals surface area (Å²) in [7, 11) is 0. The van der Waals surface area contributed by atoms with E-state index in [-0.39, 0.29) is 47.6 Å². The Labute approximate surface area is 303 Å². The van der Waals surface area contributed by atoms with Crippen molar-refractivity contribution in [1.29, 1.82) is 0 Å². The number of nitrogens with one attached hydrogen (secondary N) is 1. The predicted molar refractivity (Wildman–Crippen MR) is 180 cm³/mol. The number of amides is 1. The lowest BCUT2D eigenvalue weighted by atomic mass is 9.89. The van der Waals surface area contributed by atoms with Crippen LogP contribution in [-0.2, 0) is 41.0 Å². The monoisotopic (exact) mass is 767 g/mol. The standard InChI is InChI=1S/C37H34F9N5O3/c1-2-27-19-29(28-18-24(35(38,39)40)8-9-31(28)51(27)34(52)54-21-22-6-4-3-5-7-22)48-33-47-20-32(50-10-12-53-13-11-50)30(49-33)16-23-14-25(36(41,42)43)17-26(15-23)37(44,45)46/h3-9,14-15,17-18,20,27,29H,2,10-13,16,19,21H2,1H3,(H,47,48,49). The van der Waals surface area contributed by atoms with E-state index in [1.807, 2.05) is 0 Å². The van der Waals surface area contributed by atoms with Gasteiger partial charge in [0.25, 0.3) is 0 Å². The van der Waals surface area contributed by atoms with Gasteiger partial charge >= 0.3 is 24.6 Å². The second kappa shape index (κ2) is 15.4. The first kappa shape index (κ1) is 38.7. The maximum atomic E-state index is 14.0. The number of hydrogen-bond acceptors (Lipinski definition) is 7. The molecule has 0 spiro atoms. The third-order valence-electron chi connectivity index (χ3n) is 9.26. The molecule has 2 unspecified atom stereocenters. The van der Waals surface area contributed by atoms with Gasteiger partial charge in [0.05, 0.1) is 59.2 Å². The van der Waals surface area contributed by atoms with Gasteiger partial charge < -0.3 is 19.7 Å². The number of nitrogens with zero attached hydrogens (tertiary/aromatic N) is 4. The largest absolute Gasteiger partial charge is 0.444 e. The summed E-state index contributed by atoms with van der Waals surface area (Å²) in [5.74, 6) is -0.131. The molecule has 3 aromatic carbocycles. The van der Waals surface area contributed by atoms with Crippen molar-refractivity contribution in [3.8, 4) is 0 Å². The minimum absolute atomic E-state index is 0.0416. The Morgan fingerprint density at radius 3 is 2.09 bits per heavy atom. The Morgan fingerprint density at radius 2 is 1.48 bits per heavy atom. The molecule has 2 aliphatic heterocycles. The molecule has 2 aliphatic rings. The molecule has 4 aromatic rings. The molecule has 1 N–H and O–H groups in total. The summed E-state index contributed by atoms with van der Waals surface area (Å²) >= 11 is 0. The van der Waals surface area contributed by atoms with E-state index in [2.05, 4.69) is 15.3 Å². The van der Waals surface area contributed by atoms with Gasteiger partial charge in [-0.05, 0) is 65.9 Å². The number of anilines is 3. The van der Waals surface area contributed by atoms with Crippen LogP contribution in [0.15, 0.2) is 72.9 Å². The van der Waals surface area contributed by atoms with E-state index in [4.69, 9.17) is 9.47 Å². The van der Waals surface area contributed by atoms with Crippen molar-refractivity contribution in [3.05, 3.63) is 112 Å². The smallest absolute Gasteiger partial charge is 0.416 e. The molecule has 1 amide bonds. The quantitative estimate of drug-likeness (QED) is 0.179. The van der Waals surface area contributed by atoms with Crippen molar-refractivity contribution >= 4 is 23.4 Å². The van der Waals surface area contributed by atoms with Gasteiger partial charge in [-0.2, -0.15) is 39.5 Å². The van der Waals surface area contributed by atoms with Gasteiger partial charge in [0, 0.05) is 25.6 Å². The van der Waals surface area contributed by atoms with Gasteiger partial charge in [-0.3, -0.25) is 4.90 Å². The van der Waals surface area contributed by atoms with E-state index in [1.54, 1.807) is 42.2 Å². The minimum atomic E-state index is -5.07. The average Bonchev–Trinajstić information content (AvgIpc) is 3.13. The molecule has 54 heavy (non-hydrogen) atoms. The van der Waals surface area contributed by atoms with Crippen molar-refractivity contribution < 1.29 is 53.8 Å². The van der Waals surface area contributed by atoms with Gasteiger partial charge in [-0.15, -0.1) is 0 Å². The number of morpholine rings is 1. The van der Waals surface area contributed by atoms with Crippen LogP contribution in [0.25, 0.3) is 0 Å². The van der Waals surface area contributed by atoms with Gasteiger partial charge in [-0.25, -0.2) is 14.8 Å². The average molecular weight is 768 g/mol. The van der Waals surface area contributed by atoms with Gasteiger partial charge in [0.15, 0.2) is 0 Å². The fourth-order valence-corrected chi connectivity index (χ4v) is 6.60. The third kappa shape index (κ3) is 8.83. The number of carbonyl (C=O) groups is 1. The molecule has 0 aliphatic carbocycles. The summed E-state index contributed by atoms with van der Waals surface area (Å²) in [5, 5.41) is 3.05. The highest BCUT2D eigenvalue weighted by atomic mass is 19.4. The fourth-order valence-electron chi connectivity index (χ4n) is 6.60. The lowest BCUT2D eigenvalue weighted by Gasteiger charge is -2.40. The first-order valence-electron chi connectivity index (χ1n) is 17.0. The highest BCUT2D eigenvalue weighted by Gasteiger charge is 2.40. The molecular formula is C37H34F9N5O3. The zero-order valence-electron chi connectivity index (χ0n) is 28.7. The van der Waals surface area contributed by atoms with Crippen molar-refractivity contribution in [2.24, 2.45) is 0 Å². The highest BCUT2D eigenvalue weighted by molar-refractivity contribution is 5.90. The molecule has 1 saturated heterocycles. The Balaban J connectivity index is 1.38. The first-order chi connectivity index (χ1) is 25.5. The van der Waals surface area contributed by atoms with Crippen molar-refractivity contribution in [1.82, 2.24) is 9.97 Å². The number of halogens is 9. The van der Waals surface area contributed by atoms with E-state index >= 15 is 0 Å². The minimum Gasteiger partial charge on any atom is -0.444 e. The molecule has 17 heteroatoms. The molecule has 8 nitrogen and oxygen atoms in total. The van der Waals surface area contributed by atoms with Crippen molar-refractivity contribution in [2.75, 3.05) is 41.4 Å². The summed E-state index contributed by atoms with van der Waals surface area (Å²) in [4.78, 5) is 25.5. The Bertz CT molecular complexity index is 1920. The molecule has 1 aromatic heterocycles. The normalized spacial score (nSPS) is 18.0. The topological polar surface area (TPSA) is 79.8 Å².